The Hall–Kier alpha value is -1.09. The van der Waals surface area contributed by atoms with Gasteiger partial charge in [-0.3, -0.25) is 0 Å². The summed E-state index contributed by atoms with van der Waals surface area (Å²) in [5, 5.41) is 3.39. The van der Waals surface area contributed by atoms with E-state index in [1.165, 1.54) is 0 Å². The fourth-order valence-corrected chi connectivity index (χ4v) is 1.50. The topological polar surface area (TPSA) is 34.1 Å². The molecule has 0 bridgehead atoms. The highest BCUT2D eigenvalue weighted by Crippen LogP contribution is 2.12. The third kappa shape index (κ3) is 2.42. The molecule has 0 amide bonds. The Labute approximate surface area is 78.1 Å². The molecule has 0 spiro atoms. The van der Waals surface area contributed by atoms with Gasteiger partial charge in [0, 0.05) is 25.5 Å². The minimum absolute atomic E-state index is 0.531. The maximum absolute atomic E-state index is 5.28. The molecule has 13 heavy (non-hydrogen) atoms. The third-order valence-corrected chi connectivity index (χ3v) is 2.24. The van der Waals surface area contributed by atoms with Gasteiger partial charge in [0.05, 0.1) is 0 Å². The zero-order valence-electron chi connectivity index (χ0n) is 7.57. The number of hydrogen-bond acceptors (Lipinski definition) is 3. The fourth-order valence-electron chi connectivity index (χ4n) is 1.50. The molecule has 0 radical (unpaired) electrons. The first kappa shape index (κ1) is 8.51. The molecule has 1 aromatic rings. The molecule has 1 aliphatic heterocycles. The van der Waals surface area contributed by atoms with Gasteiger partial charge in [-0.15, -0.1) is 0 Å². The minimum Gasteiger partial charge on any atom is -0.381 e. The van der Waals surface area contributed by atoms with Crippen molar-refractivity contribution >= 4 is 5.82 Å². The van der Waals surface area contributed by atoms with Crippen LogP contribution in [0.15, 0.2) is 24.4 Å². The van der Waals surface area contributed by atoms with Crippen LogP contribution in [-0.4, -0.2) is 24.2 Å². The molecule has 1 fully saturated rings. The van der Waals surface area contributed by atoms with Crippen molar-refractivity contribution in [3.05, 3.63) is 24.4 Å². The monoisotopic (exact) mass is 178 g/mol. The van der Waals surface area contributed by atoms with Crippen LogP contribution < -0.4 is 5.32 Å². The molecule has 1 aliphatic rings. The lowest BCUT2D eigenvalue weighted by Crippen LogP contribution is -2.28. The highest BCUT2D eigenvalue weighted by atomic mass is 16.5. The number of nitrogens with one attached hydrogen (secondary N) is 1. The lowest BCUT2D eigenvalue weighted by atomic mass is 10.1. The summed E-state index contributed by atoms with van der Waals surface area (Å²) in [6.07, 6.45) is 3.97. The number of anilines is 1. The summed E-state index contributed by atoms with van der Waals surface area (Å²) in [6, 6.07) is 6.45. The summed E-state index contributed by atoms with van der Waals surface area (Å²) in [7, 11) is 0. The van der Waals surface area contributed by atoms with Gasteiger partial charge < -0.3 is 10.1 Å². The van der Waals surface area contributed by atoms with Crippen molar-refractivity contribution in [3.63, 3.8) is 0 Å². The van der Waals surface area contributed by atoms with E-state index in [0.29, 0.717) is 6.04 Å². The Morgan fingerprint density at radius 3 is 2.85 bits per heavy atom. The largest absolute Gasteiger partial charge is 0.381 e. The molecule has 2 heterocycles. The van der Waals surface area contributed by atoms with E-state index in [-0.39, 0.29) is 0 Å². The Morgan fingerprint density at radius 1 is 1.31 bits per heavy atom. The molecule has 0 atom stereocenters. The first-order valence-electron chi connectivity index (χ1n) is 4.70. The van der Waals surface area contributed by atoms with Crippen LogP contribution in [0.3, 0.4) is 0 Å². The van der Waals surface area contributed by atoms with E-state index in [2.05, 4.69) is 10.3 Å². The van der Waals surface area contributed by atoms with E-state index < -0.39 is 0 Å². The number of ether oxygens (including phenoxy) is 1. The molecule has 1 N–H and O–H groups in total. The van der Waals surface area contributed by atoms with Crippen molar-refractivity contribution in [1.82, 2.24) is 4.98 Å². The normalized spacial score (nSPS) is 18.5. The van der Waals surface area contributed by atoms with Gasteiger partial charge in [-0.25, -0.2) is 4.98 Å². The molecule has 0 unspecified atom stereocenters. The first-order chi connectivity index (χ1) is 6.45. The molecule has 0 aromatic carbocycles. The zero-order valence-corrected chi connectivity index (χ0v) is 7.57. The van der Waals surface area contributed by atoms with E-state index in [0.717, 1.165) is 31.9 Å². The highest BCUT2D eigenvalue weighted by Gasteiger charge is 2.12. The number of nitrogens with zero attached hydrogens (tertiary/aromatic N) is 1. The smallest absolute Gasteiger partial charge is 0.126 e. The van der Waals surface area contributed by atoms with Gasteiger partial charge in [-0.05, 0) is 25.0 Å². The average Bonchev–Trinajstić information content (AvgIpc) is 2.21. The van der Waals surface area contributed by atoms with Gasteiger partial charge in [0.15, 0.2) is 0 Å². The summed E-state index contributed by atoms with van der Waals surface area (Å²) in [5.74, 6) is 0.967. The van der Waals surface area contributed by atoms with Crippen molar-refractivity contribution in [1.29, 1.82) is 0 Å². The molecule has 1 aromatic heterocycles. The SMILES string of the molecule is c1ccc(NC2CCOCC2)nc1. The van der Waals surface area contributed by atoms with E-state index >= 15 is 0 Å². The van der Waals surface area contributed by atoms with E-state index in [9.17, 15) is 0 Å². The van der Waals surface area contributed by atoms with Crippen LogP contribution >= 0.6 is 0 Å². The summed E-state index contributed by atoms with van der Waals surface area (Å²) in [4.78, 5) is 4.22. The van der Waals surface area contributed by atoms with E-state index in [1.807, 2.05) is 24.4 Å². The predicted octanol–water partition coefficient (Wildman–Crippen LogP) is 1.67. The Morgan fingerprint density at radius 2 is 2.15 bits per heavy atom. The third-order valence-electron chi connectivity index (χ3n) is 2.24. The summed E-state index contributed by atoms with van der Waals surface area (Å²) < 4.78 is 5.28. The standard InChI is InChI=1S/C10H14N2O/c1-2-6-11-10(3-1)12-9-4-7-13-8-5-9/h1-3,6,9H,4-5,7-8H2,(H,11,12). The minimum atomic E-state index is 0.531. The first-order valence-corrected chi connectivity index (χ1v) is 4.70. The second-order valence-corrected chi connectivity index (χ2v) is 3.25. The van der Waals surface area contributed by atoms with Crippen LogP contribution in [0.4, 0.5) is 5.82 Å². The van der Waals surface area contributed by atoms with Crippen LogP contribution in [-0.2, 0) is 4.74 Å². The Balaban J connectivity index is 1.90. The highest BCUT2D eigenvalue weighted by molar-refractivity contribution is 5.34. The van der Waals surface area contributed by atoms with Crippen LogP contribution in [0.25, 0.3) is 0 Å². The summed E-state index contributed by atoms with van der Waals surface area (Å²) in [5.41, 5.74) is 0. The molecular weight excluding hydrogens is 164 g/mol. The van der Waals surface area contributed by atoms with Gasteiger partial charge in [-0.2, -0.15) is 0 Å². The molecule has 0 saturated carbocycles. The fraction of sp³-hybridized carbons (Fsp3) is 0.500. The maximum atomic E-state index is 5.28. The maximum Gasteiger partial charge on any atom is 0.126 e. The molecule has 0 aliphatic carbocycles. The van der Waals surface area contributed by atoms with E-state index in [4.69, 9.17) is 4.74 Å². The van der Waals surface area contributed by atoms with Crippen molar-refractivity contribution in [2.75, 3.05) is 18.5 Å². The van der Waals surface area contributed by atoms with Gasteiger partial charge in [-0.1, -0.05) is 6.07 Å². The molecule has 1 saturated heterocycles. The van der Waals surface area contributed by atoms with Crippen LogP contribution in [0.2, 0.25) is 0 Å². The second-order valence-electron chi connectivity index (χ2n) is 3.25. The Bertz CT molecular complexity index is 244. The second kappa shape index (κ2) is 4.23. The number of rotatable bonds is 2. The molecule has 2 rings (SSSR count). The quantitative estimate of drug-likeness (QED) is 0.748. The van der Waals surface area contributed by atoms with Gasteiger partial charge in [0.1, 0.15) is 5.82 Å². The Kier molecular flexibility index (Phi) is 2.77. The number of pyridine rings is 1. The number of hydrogen-bond donors (Lipinski definition) is 1. The van der Waals surface area contributed by atoms with Crippen molar-refractivity contribution in [3.8, 4) is 0 Å². The van der Waals surface area contributed by atoms with Crippen LogP contribution in [0, 0.1) is 0 Å². The molecular formula is C10H14N2O. The van der Waals surface area contributed by atoms with Gasteiger partial charge >= 0.3 is 0 Å². The van der Waals surface area contributed by atoms with Gasteiger partial charge in [0.25, 0.3) is 0 Å². The van der Waals surface area contributed by atoms with Crippen molar-refractivity contribution in [2.45, 2.75) is 18.9 Å². The number of aromatic nitrogens is 1. The summed E-state index contributed by atoms with van der Waals surface area (Å²) >= 11 is 0. The molecule has 3 heteroatoms. The zero-order chi connectivity index (χ0) is 8.93. The van der Waals surface area contributed by atoms with Crippen molar-refractivity contribution < 1.29 is 4.74 Å². The average molecular weight is 178 g/mol. The summed E-state index contributed by atoms with van der Waals surface area (Å²) in [6.45, 7) is 1.73. The van der Waals surface area contributed by atoms with Gasteiger partial charge in [0.2, 0.25) is 0 Å². The lowest BCUT2D eigenvalue weighted by molar-refractivity contribution is 0.0904. The van der Waals surface area contributed by atoms with Crippen LogP contribution in [0.1, 0.15) is 12.8 Å². The van der Waals surface area contributed by atoms with E-state index in [1.54, 1.807) is 0 Å². The lowest BCUT2D eigenvalue weighted by Gasteiger charge is -2.23. The molecule has 3 nitrogen and oxygen atoms in total. The molecule has 70 valence electrons. The predicted molar refractivity (Wildman–Crippen MR) is 51.7 cm³/mol. The van der Waals surface area contributed by atoms with Crippen LogP contribution in [0.5, 0.6) is 0 Å². The van der Waals surface area contributed by atoms with Crippen molar-refractivity contribution in [2.24, 2.45) is 0 Å².